The van der Waals surface area contributed by atoms with Crippen molar-refractivity contribution in [2.24, 2.45) is 11.8 Å². The van der Waals surface area contributed by atoms with Crippen LogP contribution in [-0.4, -0.2) is 25.0 Å². The average molecular weight is 351 g/mol. The van der Waals surface area contributed by atoms with E-state index in [1.807, 2.05) is 43.3 Å². The number of rotatable bonds is 8. The van der Waals surface area contributed by atoms with Crippen molar-refractivity contribution in [1.29, 1.82) is 0 Å². The third-order valence-electron chi connectivity index (χ3n) is 4.92. The SMILES string of the molecule is C[C@H]1C[C@H]1C(=O)OCC(=O)NCCC(c1ccccc1)c1ccccc1. The summed E-state index contributed by atoms with van der Waals surface area (Å²) in [6.07, 6.45) is 1.66. The van der Waals surface area contributed by atoms with Gasteiger partial charge in [-0.1, -0.05) is 67.6 Å². The second-order valence-electron chi connectivity index (χ2n) is 6.94. The molecule has 2 atom stereocenters. The van der Waals surface area contributed by atoms with Crippen LogP contribution >= 0.6 is 0 Å². The van der Waals surface area contributed by atoms with Crippen molar-refractivity contribution in [3.63, 3.8) is 0 Å². The number of hydrogen-bond acceptors (Lipinski definition) is 3. The molecule has 136 valence electrons. The molecular weight excluding hydrogens is 326 g/mol. The molecule has 2 aromatic rings. The first-order valence-corrected chi connectivity index (χ1v) is 9.18. The normalized spacial score (nSPS) is 18.4. The molecule has 1 amide bonds. The molecule has 0 aliphatic heterocycles. The summed E-state index contributed by atoms with van der Waals surface area (Å²) < 4.78 is 5.07. The summed E-state index contributed by atoms with van der Waals surface area (Å²) in [6.45, 7) is 2.35. The zero-order valence-corrected chi connectivity index (χ0v) is 15.1. The Balaban J connectivity index is 1.50. The van der Waals surface area contributed by atoms with Gasteiger partial charge in [0.1, 0.15) is 0 Å². The summed E-state index contributed by atoms with van der Waals surface area (Å²) in [7, 11) is 0. The molecule has 4 heteroatoms. The summed E-state index contributed by atoms with van der Waals surface area (Å²) in [4.78, 5) is 23.6. The molecule has 0 bridgehead atoms. The van der Waals surface area contributed by atoms with Gasteiger partial charge in [-0.3, -0.25) is 9.59 Å². The maximum atomic E-state index is 11.9. The Hall–Kier alpha value is -2.62. The number of nitrogens with one attached hydrogen (secondary N) is 1. The predicted octanol–water partition coefficient (Wildman–Crippen LogP) is 3.52. The number of ether oxygens (including phenoxy) is 1. The molecule has 4 nitrogen and oxygen atoms in total. The van der Waals surface area contributed by atoms with Crippen molar-refractivity contribution >= 4 is 11.9 Å². The number of hydrogen-bond donors (Lipinski definition) is 1. The smallest absolute Gasteiger partial charge is 0.309 e. The molecule has 0 radical (unpaired) electrons. The minimum Gasteiger partial charge on any atom is -0.455 e. The Labute approximate surface area is 154 Å². The Morgan fingerprint density at radius 2 is 1.58 bits per heavy atom. The fraction of sp³-hybridized carbons (Fsp3) is 0.364. The lowest BCUT2D eigenvalue weighted by atomic mass is 9.88. The molecule has 1 aliphatic rings. The highest BCUT2D eigenvalue weighted by molar-refractivity contribution is 5.82. The first-order valence-electron chi connectivity index (χ1n) is 9.18. The topological polar surface area (TPSA) is 55.4 Å². The molecular formula is C22H25NO3. The fourth-order valence-corrected chi connectivity index (χ4v) is 3.20. The van der Waals surface area contributed by atoms with E-state index in [-0.39, 0.29) is 30.3 Å². The van der Waals surface area contributed by atoms with E-state index in [4.69, 9.17) is 4.74 Å². The van der Waals surface area contributed by atoms with Gasteiger partial charge in [-0.05, 0) is 29.9 Å². The molecule has 0 unspecified atom stereocenters. The van der Waals surface area contributed by atoms with Crippen molar-refractivity contribution in [1.82, 2.24) is 5.32 Å². The predicted molar refractivity (Wildman–Crippen MR) is 101 cm³/mol. The van der Waals surface area contributed by atoms with Crippen LogP contribution in [0.1, 0.15) is 36.8 Å². The molecule has 1 fully saturated rings. The van der Waals surface area contributed by atoms with Gasteiger partial charge in [0.2, 0.25) is 0 Å². The summed E-state index contributed by atoms with van der Waals surface area (Å²) in [5.74, 6) is 0.101. The van der Waals surface area contributed by atoms with E-state index in [1.54, 1.807) is 0 Å². The van der Waals surface area contributed by atoms with Gasteiger partial charge in [0.25, 0.3) is 5.91 Å². The van der Waals surface area contributed by atoms with Crippen molar-refractivity contribution in [3.8, 4) is 0 Å². The van der Waals surface area contributed by atoms with Gasteiger partial charge in [-0.25, -0.2) is 0 Å². The second kappa shape index (κ2) is 8.65. The Kier molecular flexibility index (Phi) is 6.05. The van der Waals surface area contributed by atoms with Crippen LogP contribution < -0.4 is 5.32 Å². The van der Waals surface area contributed by atoms with E-state index in [0.717, 1.165) is 12.8 Å². The third-order valence-corrected chi connectivity index (χ3v) is 4.92. The highest BCUT2D eigenvalue weighted by Crippen LogP contribution is 2.38. The lowest BCUT2D eigenvalue weighted by Gasteiger charge is -2.18. The lowest BCUT2D eigenvalue weighted by molar-refractivity contribution is -0.150. The van der Waals surface area contributed by atoms with Crippen molar-refractivity contribution in [3.05, 3.63) is 71.8 Å². The van der Waals surface area contributed by atoms with Crippen LogP contribution in [0.15, 0.2) is 60.7 Å². The van der Waals surface area contributed by atoms with Gasteiger partial charge in [-0.15, -0.1) is 0 Å². The third kappa shape index (κ3) is 4.94. The Morgan fingerprint density at radius 3 is 2.08 bits per heavy atom. The number of carbonyl (C=O) groups excluding carboxylic acids is 2. The van der Waals surface area contributed by atoms with Crippen LogP contribution in [0.2, 0.25) is 0 Å². The quantitative estimate of drug-likeness (QED) is 0.740. The minimum absolute atomic E-state index is 0.0108. The molecule has 1 aliphatic carbocycles. The largest absolute Gasteiger partial charge is 0.455 e. The maximum absolute atomic E-state index is 11.9. The van der Waals surface area contributed by atoms with Gasteiger partial charge in [0.05, 0.1) is 5.92 Å². The summed E-state index contributed by atoms with van der Waals surface area (Å²) in [6, 6.07) is 20.6. The van der Waals surface area contributed by atoms with E-state index in [9.17, 15) is 9.59 Å². The van der Waals surface area contributed by atoms with Crippen LogP contribution in [-0.2, 0) is 14.3 Å². The summed E-state index contributed by atoms with van der Waals surface area (Å²) in [5.41, 5.74) is 2.45. The van der Waals surface area contributed by atoms with Crippen LogP contribution in [0, 0.1) is 11.8 Å². The van der Waals surface area contributed by atoms with Gasteiger partial charge < -0.3 is 10.1 Å². The monoisotopic (exact) mass is 351 g/mol. The van der Waals surface area contributed by atoms with E-state index >= 15 is 0 Å². The van der Waals surface area contributed by atoms with Crippen LogP contribution in [0.25, 0.3) is 0 Å². The number of esters is 1. The molecule has 2 aromatic carbocycles. The fourth-order valence-electron chi connectivity index (χ4n) is 3.20. The molecule has 1 saturated carbocycles. The highest BCUT2D eigenvalue weighted by Gasteiger charge is 2.40. The van der Waals surface area contributed by atoms with E-state index in [0.29, 0.717) is 12.5 Å². The number of carbonyl (C=O) groups is 2. The van der Waals surface area contributed by atoms with Gasteiger partial charge in [0.15, 0.2) is 6.61 Å². The van der Waals surface area contributed by atoms with Gasteiger partial charge >= 0.3 is 5.97 Å². The van der Waals surface area contributed by atoms with Crippen LogP contribution in [0.5, 0.6) is 0 Å². The number of benzene rings is 2. The van der Waals surface area contributed by atoms with E-state index in [2.05, 4.69) is 29.6 Å². The van der Waals surface area contributed by atoms with Gasteiger partial charge in [-0.2, -0.15) is 0 Å². The molecule has 0 aromatic heterocycles. The van der Waals surface area contributed by atoms with Crippen molar-refractivity contribution in [2.75, 3.05) is 13.2 Å². The molecule has 0 heterocycles. The molecule has 1 N–H and O–H groups in total. The van der Waals surface area contributed by atoms with E-state index in [1.165, 1.54) is 11.1 Å². The number of amides is 1. The lowest BCUT2D eigenvalue weighted by Crippen LogP contribution is -2.30. The highest BCUT2D eigenvalue weighted by atomic mass is 16.5. The van der Waals surface area contributed by atoms with Crippen molar-refractivity contribution < 1.29 is 14.3 Å². The van der Waals surface area contributed by atoms with Gasteiger partial charge in [0, 0.05) is 12.5 Å². The standard InChI is InChI=1S/C22H25NO3/c1-16-14-20(16)22(25)26-15-21(24)23-13-12-19(17-8-4-2-5-9-17)18-10-6-3-7-11-18/h2-11,16,19-20H,12-15H2,1H3,(H,23,24)/t16-,20+/m0/s1. The molecule has 3 rings (SSSR count). The Morgan fingerprint density at radius 1 is 1.04 bits per heavy atom. The van der Waals surface area contributed by atoms with Crippen LogP contribution in [0.3, 0.4) is 0 Å². The zero-order valence-electron chi connectivity index (χ0n) is 15.1. The second-order valence-corrected chi connectivity index (χ2v) is 6.94. The van der Waals surface area contributed by atoms with E-state index < -0.39 is 0 Å². The van der Waals surface area contributed by atoms with Crippen molar-refractivity contribution in [2.45, 2.75) is 25.7 Å². The zero-order chi connectivity index (χ0) is 18.4. The first kappa shape index (κ1) is 18.2. The first-order chi connectivity index (χ1) is 12.6. The Bertz CT molecular complexity index is 690. The average Bonchev–Trinajstić information content (AvgIpc) is 3.41. The summed E-state index contributed by atoms with van der Waals surface area (Å²) in [5, 5.41) is 2.86. The summed E-state index contributed by atoms with van der Waals surface area (Å²) >= 11 is 0. The molecule has 0 saturated heterocycles. The minimum atomic E-state index is -0.251. The van der Waals surface area contributed by atoms with Crippen LogP contribution in [0.4, 0.5) is 0 Å². The maximum Gasteiger partial charge on any atom is 0.309 e. The molecule has 0 spiro atoms. The molecule has 26 heavy (non-hydrogen) atoms.